The molecular weight excluding hydrogens is 390 g/mol. The van der Waals surface area contributed by atoms with Crippen LogP contribution in [0.5, 0.6) is 0 Å². The lowest BCUT2D eigenvalue weighted by molar-refractivity contribution is 0.0195. The predicted molar refractivity (Wildman–Crippen MR) is 121 cm³/mol. The molecule has 4 heterocycles. The molecule has 0 aliphatic heterocycles. The van der Waals surface area contributed by atoms with Crippen LogP contribution in [0.2, 0.25) is 0 Å². The van der Waals surface area contributed by atoms with Gasteiger partial charge in [-0.2, -0.15) is 0 Å². The Labute approximate surface area is 181 Å². The molecule has 0 amide bonds. The van der Waals surface area contributed by atoms with Crippen LogP contribution < -0.4 is 5.32 Å². The molecule has 4 aromatic rings. The van der Waals surface area contributed by atoms with Gasteiger partial charge in [0.15, 0.2) is 5.65 Å². The number of aryl methyl sites for hydroxylation is 1. The number of pyridine rings is 1. The summed E-state index contributed by atoms with van der Waals surface area (Å²) in [5.41, 5.74) is 4.27. The van der Waals surface area contributed by atoms with Crippen LogP contribution in [0.4, 0.5) is 5.95 Å². The van der Waals surface area contributed by atoms with Crippen LogP contribution in [0.1, 0.15) is 58.3 Å². The standard InChI is InChI=1S/C23H29N7O/c1-14(2)30-15(3)26-21-19(30)11-16(12-24-21)18-7-10-29-20(18)13-25-22(28-29)27-17-5-8-23(4,31)9-6-17/h7,10-14,17,31H,5-6,8-9H2,1-4H3,(H,27,28). The molecule has 0 bridgehead atoms. The molecule has 31 heavy (non-hydrogen) atoms. The molecule has 5 rings (SSSR count). The van der Waals surface area contributed by atoms with E-state index in [9.17, 15) is 5.11 Å². The fourth-order valence-electron chi connectivity index (χ4n) is 4.67. The molecule has 0 saturated heterocycles. The van der Waals surface area contributed by atoms with E-state index in [1.54, 1.807) is 0 Å². The number of nitrogens with zero attached hydrogens (tertiary/aromatic N) is 6. The normalized spacial score (nSPS) is 21.9. The monoisotopic (exact) mass is 419 g/mol. The van der Waals surface area contributed by atoms with Crippen molar-refractivity contribution in [1.29, 1.82) is 0 Å². The third-order valence-corrected chi connectivity index (χ3v) is 6.36. The zero-order chi connectivity index (χ0) is 21.8. The average Bonchev–Trinajstić information content (AvgIpc) is 3.28. The van der Waals surface area contributed by atoms with Crippen LogP contribution >= 0.6 is 0 Å². The Bertz CT molecular complexity index is 1240. The molecule has 0 spiro atoms. The van der Waals surface area contributed by atoms with Gasteiger partial charge in [-0.1, -0.05) is 0 Å². The van der Waals surface area contributed by atoms with Crippen LogP contribution in [-0.4, -0.2) is 45.9 Å². The summed E-state index contributed by atoms with van der Waals surface area (Å²) in [6, 6.07) is 4.81. The maximum atomic E-state index is 10.2. The van der Waals surface area contributed by atoms with E-state index < -0.39 is 5.60 Å². The lowest BCUT2D eigenvalue weighted by Gasteiger charge is -2.33. The highest BCUT2D eigenvalue weighted by Crippen LogP contribution is 2.30. The van der Waals surface area contributed by atoms with Crippen molar-refractivity contribution in [2.75, 3.05) is 5.32 Å². The Morgan fingerprint density at radius 3 is 2.68 bits per heavy atom. The first-order valence-corrected chi connectivity index (χ1v) is 11.0. The van der Waals surface area contributed by atoms with E-state index in [1.165, 1.54) is 0 Å². The number of aliphatic hydroxyl groups is 1. The SMILES string of the molecule is Cc1nc2ncc(-c3ccn4nc(NC5CCC(C)(O)CC5)ncc34)cc2n1C(C)C. The molecular formula is C23H29N7O. The van der Waals surface area contributed by atoms with Crippen molar-refractivity contribution in [1.82, 2.24) is 29.1 Å². The molecule has 8 nitrogen and oxygen atoms in total. The fourth-order valence-corrected chi connectivity index (χ4v) is 4.67. The summed E-state index contributed by atoms with van der Waals surface area (Å²) >= 11 is 0. The maximum Gasteiger partial charge on any atom is 0.241 e. The highest BCUT2D eigenvalue weighted by Gasteiger charge is 2.29. The minimum absolute atomic E-state index is 0.291. The Balaban J connectivity index is 1.44. The topological polar surface area (TPSA) is 93.2 Å². The lowest BCUT2D eigenvalue weighted by Crippen LogP contribution is -2.36. The zero-order valence-corrected chi connectivity index (χ0v) is 18.5. The summed E-state index contributed by atoms with van der Waals surface area (Å²) < 4.78 is 4.07. The zero-order valence-electron chi connectivity index (χ0n) is 18.5. The van der Waals surface area contributed by atoms with E-state index in [-0.39, 0.29) is 0 Å². The first kappa shape index (κ1) is 19.9. The number of anilines is 1. The first-order valence-electron chi connectivity index (χ1n) is 11.0. The number of hydrogen-bond donors (Lipinski definition) is 2. The van der Waals surface area contributed by atoms with Gasteiger partial charge in [-0.15, -0.1) is 5.10 Å². The van der Waals surface area contributed by atoms with Gasteiger partial charge in [0.2, 0.25) is 5.95 Å². The van der Waals surface area contributed by atoms with E-state index in [2.05, 4.69) is 55.9 Å². The van der Waals surface area contributed by atoms with Gasteiger partial charge in [-0.3, -0.25) is 0 Å². The van der Waals surface area contributed by atoms with Gasteiger partial charge in [0.25, 0.3) is 0 Å². The van der Waals surface area contributed by atoms with Gasteiger partial charge in [0, 0.05) is 35.6 Å². The number of aromatic nitrogens is 6. The van der Waals surface area contributed by atoms with Crippen molar-refractivity contribution >= 4 is 22.6 Å². The van der Waals surface area contributed by atoms with E-state index in [1.807, 2.05) is 37.0 Å². The molecule has 162 valence electrons. The Morgan fingerprint density at radius 2 is 1.94 bits per heavy atom. The van der Waals surface area contributed by atoms with Gasteiger partial charge in [-0.05, 0) is 65.5 Å². The summed E-state index contributed by atoms with van der Waals surface area (Å²) in [5.74, 6) is 1.59. The second-order valence-corrected chi connectivity index (χ2v) is 9.25. The second kappa shape index (κ2) is 7.30. The van der Waals surface area contributed by atoms with Gasteiger partial charge in [-0.25, -0.2) is 19.5 Å². The van der Waals surface area contributed by atoms with Crippen molar-refractivity contribution in [2.45, 2.75) is 71.1 Å². The molecule has 0 atom stereocenters. The summed E-state index contributed by atoms with van der Waals surface area (Å²) in [7, 11) is 0. The third kappa shape index (κ3) is 3.65. The largest absolute Gasteiger partial charge is 0.390 e. The summed E-state index contributed by atoms with van der Waals surface area (Å²) in [4.78, 5) is 13.8. The van der Waals surface area contributed by atoms with Crippen LogP contribution in [0.3, 0.4) is 0 Å². The van der Waals surface area contributed by atoms with Crippen LogP contribution in [0.15, 0.2) is 30.7 Å². The number of nitrogens with one attached hydrogen (secondary N) is 1. The number of imidazole rings is 1. The number of hydrogen-bond acceptors (Lipinski definition) is 6. The highest BCUT2D eigenvalue weighted by molar-refractivity contribution is 5.85. The molecule has 0 radical (unpaired) electrons. The summed E-state index contributed by atoms with van der Waals surface area (Å²) in [6.07, 6.45) is 9.11. The quantitative estimate of drug-likeness (QED) is 0.516. The van der Waals surface area contributed by atoms with Crippen molar-refractivity contribution in [2.24, 2.45) is 0 Å². The van der Waals surface area contributed by atoms with Crippen molar-refractivity contribution in [3.8, 4) is 11.1 Å². The van der Waals surface area contributed by atoms with Crippen LogP contribution in [0.25, 0.3) is 27.8 Å². The Hall–Kier alpha value is -3.00. The molecule has 1 fully saturated rings. The first-order chi connectivity index (χ1) is 14.8. The Morgan fingerprint density at radius 1 is 1.16 bits per heavy atom. The molecule has 1 saturated carbocycles. The molecule has 0 aromatic carbocycles. The molecule has 4 aromatic heterocycles. The van der Waals surface area contributed by atoms with Crippen molar-refractivity contribution in [3.05, 3.63) is 36.5 Å². The van der Waals surface area contributed by atoms with Crippen LogP contribution in [0, 0.1) is 6.92 Å². The average molecular weight is 420 g/mol. The minimum atomic E-state index is -0.545. The predicted octanol–water partition coefficient (Wildman–Crippen LogP) is 4.14. The minimum Gasteiger partial charge on any atom is -0.390 e. The molecule has 8 heteroatoms. The van der Waals surface area contributed by atoms with E-state index in [0.717, 1.165) is 59.3 Å². The van der Waals surface area contributed by atoms with Gasteiger partial charge < -0.3 is 15.0 Å². The fraction of sp³-hybridized carbons (Fsp3) is 0.478. The highest BCUT2D eigenvalue weighted by atomic mass is 16.3. The van der Waals surface area contributed by atoms with Crippen molar-refractivity contribution < 1.29 is 5.11 Å². The van der Waals surface area contributed by atoms with Gasteiger partial charge >= 0.3 is 0 Å². The number of fused-ring (bicyclic) bond motifs is 2. The van der Waals surface area contributed by atoms with E-state index in [0.29, 0.717) is 18.0 Å². The molecule has 0 unspecified atom stereocenters. The van der Waals surface area contributed by atoms with Crippen LogP contribution in [-0.2, 0) is 0 Å². The smallest absolute Gasteiger partial charge is 0.241 e. The summed E-state index contributed by atoms with van der Waals surface area (Å²) in [5, 5.41) is 18.2. The van der Waals surface area contributed by atoms with E-state index >= 15 is 0 Å². The molecule has 1 aliphatic rings. The third-order valence-electron chi connectivity index (χ3n) is 6.36. The van der Waals surface area contributed by atoms with Gasteiger partial charge in [0.1, 0.15) is 5.82 Å². The maximum absolute atomic E-state index is 10.2. The number of rotatable bonds is 4. The van der Waals surface area contributed by atoms with Crippen molar-refractivity contribution in [3.63, 3.8) is 0 Å². The second-order valence-electron chi connectivity index (χ2n) is 9.25. The Kier molecular flexibility index (Phi) is 4.69. The lowest BCUT2D eigenvalue weighted by atomic mass is 9.84. The molecule has 2 N–H and O–H groups in total. The molecule has 1 aliphatic carbocycles. The van der Waals surface area contributed by atoms with E-state index in [4.69, 9.17) is 0 Å². The summed E-state index contributed by atoms with van der Waals surface area (Å²) in [6.45, 7) is 8.24. The van der Waals surface area contributed by atoms with Gasteiger partial charge in [0.05, 0.1) is 22.8 Å².